The highest BCUT2D eigenvalue weighted by atomic mass is 35.5. The van der Waals surface area contributed by atoms with Gasteiger partial charge in [0.25, 0.3) is 0 Å². The Morgan fingerprint density at radius 1 is 1.26 bits per heavy atom. The topological polar surface area (TPSA) is 12.0 Å². The third kappa shape index (κ3) is 3.59. The van der Waals surface area contributed by atoms with E-state index < -0.39 is 0 Å². The number of halogens is 1. The standard InChI is InChI=1S/C16H20ClNS/c1-4-7-18-12(3)15-6-5-13(9-16(15)17)14-8-11(2)19-10-14/h5-6,8-10,12,18H,4,7H2,1-3H3. The fourth-order valence-corrected chi connectivity index (χ4v) is 3.18. The van der Waals surface area contributed by atoms with E-state index in [-0.39, 0.29) is 0 Å². The van der Waals surface area contributed by atoms with Crippen LogP contribution in [0.5, 0.6) is 0 Å². The van der Waals surface area contributed by atoms with Crippen molar-refractivity contribution in [1.29, 1.82) is 0 Å². The van der Waals surface area contributed by atoms with E-state index in [1.54, 1.807) is 11.3 Å². The summed E-state index contributed by atoms with van der Waals surface area (Å²) < 4.78 is 0. The molecule has 0 aliphatic heterocycles. The van der Waals surface area contributed by atoms with Crippen LogP contribution in [0.1, 0.15) is 36.8 Å². The lowest BCUT2D eigenvalue weighted by Gasteiger charge is -2.16. The predicted molar refractivity (Wildman–Crippen MR) is 86.2 cm³/mol. The number of thiophene rings is 1. The number of hydrogen-bond donors (Lipinski definition) is 1. The van der Waals surface area contributed by atoms with E-state index in [1.807, 2.05) is 0 Å². The van der Waals surface area contributed by atoms with E-state index in [4.69, 9.17) is 11.6 Å². The summed E-state index contributed by atoms with van der Waals surface area (Å²) in [6, 6.07) is 8.87. The number of nitrogens with one attached hydrogen (secondary N) is 1. The third-order valence-corrected chi connectivity index (χ3v) is 4.42. The van der Waals surface area contributed by atoms with Crippen LogP contribution >= 0.6 is 22.9 Å². The van der Waals surface area contributed by atoms with E-state index in [0.29, 0.717) is 6.04 Å². The summed E-state index contributed by atoms with van der Waals surface area (Å²) in [5.41, 5.74) is 3.62. The maximum atomic E-state index is 6.42. The second-order valence-electron chi connectivity index (χ2n) is 4.86. The van der Waals surface area contributed by atoms with Crippen LogP contribution in [0.3, 0.4) is 0 Å². The number of aryl methyl sites for hydroxylation is 1. The summed E-state index contributed by atoms with van der Waals surface area (Å²) in [4.78, 5) is 1.33. The van der Waals surface area contributed by atoms with Gasteiger partial charge in [0.05, 0.1) is 0 Å². The van der Waals surface area contributed by atoms with Gasteiger partial charge in [-0.05, 0) is 61.0 Å². The van der Waals surface area contributed by atoms with E-state index in [1.165, 1.54) is 21.6 Å². The number of benzene rings is 1. The molecule has 0 aliphatic carbocycles. The van der Waals surface area contributed by atoms with Crippen molar-refractivity contribution < 1.29 is 0 Å². The third-order valence-electron chi connectivity index (χ3n) is 3.23. The molecule has 1 atom stereocenters. The van der Waals surface area contributed by atoms with Crippen molar-refractivity contribution in [2.24, 2.45) is 0 Å². The molecule has 0 aliphatic rings. The van der Waals surface area contributed by atoms with Gasteiger partial charge < -0.3 is 5.32 Å². The van der Waals surface area contributed by atoms with Gasteiger partial charge in [0.1, 0.15) is 0 Å². The lowest BCUT2D eigenvalue weighted by molar-refractivity contribution is 0.571. The van der Waals surface area contributed by atoms with Gasteiger partial charge in [-0.25, -0.2) is 0 Å². The normalized spacial score (nSPS) is 12.6. The van der Waals surface area contributed by atoms with Gasteiger partial charge in [0, 0.05) is 15.9 Å². The highest BCUT2D eigenvalue weighted by molar-refractivity contribution is 7.10. The zero-order valence-corrected chi connectivity index (χ0v) is 13.2. The molecule has 1 aromatic heterocycles. The van der Waals surface area contributed by atoms with E-state index in [0.717, 1.165) is 18.0 Å². The molecule has 0 spiro atoms. The summed E-state index contributed by atoms with van der Waals surface area (Å²) in [6.45, 7) is 7.47. The van der Waals surface area contributed by atoms with Gasteiger partial charge in [-0.15, -0.1) is 11.3 Å². The smallest absolute Gasteiger partial charge is 0.0459 e. The molecule has 1 aromatic carbocycles. The molecule has 1 nitrogen and oxygen atoms in total. The highest BCUT2D eigenvalue weighted by Gasteiger charge is 2.10. The highest BCUT2D eigenvalue weighted by Crippen LogP contribution is 2.31. The van der Waals surface area contributed by atoms with Crippen LogP contribution < -0.4 is 5.32 Å². The first-order valence-electron chi connectivity index (χ1n) is 6.70. The average Bonchev–Trinajstić information content (AvgIpc) is 2.82. The molecule has 1 N–H and O–H groups in total. The SMILES string of the molecule is CCCNC(C)c1ccc(-c2csc(C)c2)cc1Cl. The molecule has 0 bridgehead atoms. The molecule has 19 heavy (non-hydrogen) atoms. The van der Waals surface area contributed by atoms with Crippen LogP contribution in [-0.2, 0) is 0 Å². The van der Waals surface area contributed by atoms with Crippen molar-refractivity contribution in [3.63, 3.8) is 0 Å². The van der Waals surface area contributed by atoms with Gasteiger partial charge in [0.15, 0.2) is 0 Å². The molecule has 2 rings (SSSR count). The molecule has 1 unspecified atom stereocenters. The molecule has 2 aromatic rings. The van der Waals surface area contributed by atoms with Crippen LogP contribution in [0, 0.1) is 6.92 Å². The van der Waals surface area contributed by atoms with E-state index >= 15 is 0 Å². The minimum atomic E-state index is 0.297. The maximum absolute atomic E-state index is 6.42. The molecule has 3 heteroatoms. The van der Waals surface area contributed by atoms with Crippen LogP contribution in [0.15, 0.2) is 29.6 Å². The molecule has 0 radical (unpaired) electrons. The quantitative estimate of drug-likeness (QED) is 0.774. The monoisotopic (exact) mass is 293 g/mol. The van der Waals surface area contributed by atoms with Gasteiger partial charge in [-0.2, -0.15) is 0 Å². The van der Waals surface area contributed by atoms with Gasteiger partial charge >= 0.3 is 0 Å². The number of hydrogen-bond acceptors (Lipinski definition) is 2. The predicted octanol–water partition coefficient (Wildman–Crippen LogP) is 5.44. The zero-order chi connectivity index (χ0) is 13.8. The van der Waals surface area contributed by atoms with Crippen molar-refractivity contribution >= 4 is 22.9 Å². The molecular weight excluding hydrogens is 274 g/mol. The second-order valence-corrected chi connectivity index (χ2v) is 6.38. The Morgan fingerprint density at radius 2 is 2.05 bits per heavy atom. The Labute approximate surface area is 124 Å². The van der Waals surface area contributed by atoms with Crippen molar-refractivity contribution in [2.45, 2.75) is 33.2 Å². The Kier molecular flexibility index (Phi) is 5.03. The fraction of sp³-hybridized carbons (Fsp3) is 0.375. The van der Waals surface area contributed by atoms with E-state index in [9.17, 15) is 0 Å². The van der Waals surface area contributed by atoms with Gasteiger partial charge in [0.2, 0.25) is 0 Å². The first-order chi connectivity index (χ1) is 9.11. The largest absolute Gasteiger partial charge is 0.310 e. The Balaban J connectivity index is 2.21. The second kappa shape index (κ2) is 6.56. The average molecular weight is 294 g/mol. The molecule has 0 fully saturated rings. The Morgan fingerprint density at radius 3 is 2.63 bits per heavy atom. The summed E-state index contributed by atoms with van der Waals surface area (Å²) in [6.07, 6.45) is 1.13. The Hall–Kier alpha value is -0.830. The van der Waals surface area contributed by atoms with Gasteiger partial charge in [-0.1, -0.05) is 30.7 Å². The first kappa shape index (κ1) is 14.6. The lowest BCUT2D eigenvalue weighted by Crippen LogP contribution is -2.19. The molecule has 102 valence electrons. The molecule has 1 heterocycles. The van der Waals surface area contributed by atoms with Crippen molar-refractivity contribution in [1.82, 2.24) is 5.32 Å². The van der Waals surface area contributed by atoms with Crippen molar-refractivity contribution in [3.8, 4) is 11.1 Å². The zero-order valence-electron chi connectivity index (χ0n) is 11.7. The van der Waals surface area contributed by atoms with E-state index in [2.05, 4.69) is 55.7 Å². The fourth-order valence-electron chi connectivity index (χ4n) is 2.12. The minimum absolute atomic E-state index is 0.297. The van der Waals surface area contributed by atoms with Crippen molar-refractivity contribution in [3.05, 3.63) is 45.1 Å². The minimum Gasteiger partial charge on any atom is -0.310 e. The number of rotatable bonds is 5. The lowest BCUT2D eigenvalue weighted by atomic mass is 10.0. The molecule has 0 amide bonds. The van der Waals surface area contributed by atoms with Crippen LogP contribution in [0.25, 0.3) is 11.1 Å². The summed E-state index contributed by atoms with van der Waals surface area (Å²) in [5, 5.41) is 6.50. The summed E-state index contributed by atoms with van der Waals surface area (Å²) >= 11 is 8.19. The molecule has 0 saturated carbocycles. The van der Waals surface area contributed by atoms with Crippen molar-refractivity contribution in [2.75, 3.05) is 6.54 Å². The van der Waals surface area contributed by atoms with Gasteiger partial charge in [-0.3, -0.25) is 0 Å². The van der Waals surface area contributed by atoms with Crippen LogP contribution in [0.2, 0.25) is 5.02 Å². The Bertz CT molecular complexity index is 547. The van der Waals surface area contributed by atoms with Crippen LogP contribution in [0.4, 0.5) is 0 Å². The first-order valence-corrected chi connectivity index (χ1v) is 7.96. The summed E-state index contributed by atoms with van der Waals surface area (Å²) in [5.74, 6) is 0. The molecular formula is C16H20ClNS. The van der Waals surface area contributed by atoms with Crippen LogP contribution in [-0.4, -0.2) is 6.54 Å². The molecule has 0 saturated heterocycles. The summed E-state index contributed by atoms with van der Waals surface area (Å²) in [7, 11) is 0. The maximum Gasteiger partial charge on any atom is 0.0459 e.